The van der Waals surface area contributed by atoms with Crippen LogP contribution in [0.5, 0.6) is 0 Å². The van der Waals surface area contributed by atoms with E-state index >= 15 is 0 Å². The standard InChI is InChI=1S/C24H24FNO2/c1-15-6-4-7-16(10-15)19-12-22(28)26(18-9-5-8-17(25)11-18)20-13-24(2,3)14-21(27)23(19)20/h4-11,19H,12-14H2,1-3H3. The van der Waals surface area contributed by atoms with E-state index in [1.165, 1.54) is 12.1 Å². The average molecular weight is 377 g/mol. The van der Waals surface area contributed by atoms with Crippen molar-refractivity contribution in [3.8, 4) is 0 Å². The second-order valence-corrected chi connectivity index (χ2v) is 8.68. The molecule has 1 amide bonds. The number of hydrogen-bond acceptors (Lipinski definition) is 2. The van der Waals surface area contributed by atoms with Crippen LogP contribution in [0.2, 0.25) is 0 Å². The van der Waals surface area contributed by atoms with Crippen LogP contribution in [0.3, 0.4) is 0 Å². The number of halogens is 1. The van der Waals surface area contributed by atoms with E-state index in [0.29, 0.717) is 24.1 Å². The van der Waals surface area contributed by atoms with Crippen molar-refractivity contribution in [1.29, 1.82) is 0 Å². The van der Waals surface area contributed by atoms with E-state index < -0.39 is 5.82 Å². The van der Waals surface area contributed by atoms with Crippen molar-refractivity contribution in [2.24, 2.45) is 5.41 Å². The Labute approximate surface area is 164 Å². The van der Waals surface area contributed by atoms with E-state index in [1.807, 2.05) is 45.0 Å². The fourth-order valence-electron chi connectivity index (χ4n) is 4.50. The van der Waals surface area contributed by atoms with Crippen molar-refractivity contribution in [3.63, 3.8) is 0 Å². The van der Waals surface area contributed by atoms with Gasteiger partial charge in [0, 0.05) is 30.0 Å². The van der Waals surface area contributed by atoms with Gasteiger partial charge in [-0.1, -0.05) is 49.7 Å². The Morgan fingerprint density at radius 3 is 2.50 bits per heavy atom. The predicted molar refractivity (Wildman–Crippen MR) is 107 cm³/mol. The van der Waals surface area contributed by atoms with Crippen LogP contribution >= 0.6 is 0 Å². The fourth-order valence-corrected chi connectivity index (χ4v) is 4.50. The molecule has 1 aliphatic heterocycles. The highest BCUT2D eigenvalue weighted by Gasteiger charge is 2.44. The highest BCUT2D eigenvalue weighted by molar-refractivity contribution is 6.07. The van der Waals surface area contributed by atoms with Crippen LogP contribution in [-0.2, 0) is 9.59 Å². The van der Waals surface area contributed by atoms with Crippen LogP contribution in [-0.4, -0.2) is 11.7 Å². The van der Waals surface area contributed by atoms with Gasteiger partial charge in [0.15, 0.2) is 5.78 Å². The molecule has 4 rings (SSSR count). The molecule has 1 aliphatic carbocycles. The fraction of sp³-hybridized carbons (Fsp3) is 0.333. The number of aryl methyl sites for hydroxylation is 1. The van der Waals surface area contributed by atoms with Gasteiger partial charge >= 0.3 is 0 Å². The quantitative estimate of drug-likeness (QED) is 0.712. The molecule has 0 aromatic heterocycles. The van der Waals surface area contributed by atoms with Gasteiger partial charge in [0.25, 0.3) is 0 Å². The Morgan fingerprint density at radius 2 is 1.79 bits per heavy atom. The Kier molecular flexibility index (Phi) is 4.45. The second kappa shape index (κ2) is 6.69. The molecular weight excluding hydrogens is 353 g/mol. The summed E-state index contributed by atoms with van der Waals surface area (Å²) in [7, 11) is 0. The van der Waals surface area contributed by atoms with Gasteiger partial charge < -0.3 is 0 Å². The number of anilines is 1. The molecule has 2 aromatic carbocycles. The molecular formula is C24H24FNO2. The summed E-state index contributed by atoms with van der Waals surface area (Å²) in [6.45, 7) is 6.09. The first-order valence-electron chi connectivity index (χ1n) is 9.66. The number of rotatable bonds is 2. The van der Waals surface area contributed by atoms with Gasteiger partial charge in [-0.3, -0.25) is 14.5 Å². The Hall–Kier alpha value is -2.75. The summed E-state index contributed by atoms with van der Waals surface area (Å²) in [6, 6.07) is 14.1. The van der Waals surface area contributed by atoms with Gasteiger partial charge in [0.1, 0.15) is 5.82 Å². The van der Waals surface area contributed by atoms with Gasteiger partial charge in [0.2, 0.25) is 5.91 Å². The molecule has 0 bridgehead atoms. The number of amides is 1. The zero-order valence-corrected chi connectivity index (χ0v) is 16.5. The summed E-state index contributed by atoms with van der Waals surface area (Å²) in [5.41, 5.74) is 3.79. The van der Waals surface area contributed by atoms with E-state index in [-0.39, 0.29) is 29.4 Å². The number of benzene rings is 2. The largest absolute Gasteiger partial charge is 0.294 e. The van der Waals surface area contributed by atoms with E-state index in [0.717, 1.165) is 16.8 Å². The molecule has 4 heteroatoms. The molecule has 1 atom stereocenters. The zero-order chi connectivity index (χ0) is 20.1. The number of ketones is 1. The summed E-state index contributed by atoms with van der Waals surface area (Å²) in [5, 5.41) is 0. The number of carbonyl (C=O) groups excluding carboxylic acids is 2. The molecule has 0 spiro atoms. The first-order valence-corrected chi connectivity index (χ1v) is 9.66. The van der Waals surface area contributed by atoms with Crippen molar-refractivity contribution in [1.82, 2.24) is 0 Å². The van der Waals surface area contributed by atoms with Crippen molar-refractivity contribution in [2.75, 3.05) is 4.90 Å². The number of allylic oxidation sites excluding steroid dienone is 2. The lowest BCUT2D eigenvalue weighted by molar-refractivity contribution is -0.121. The maximum atomic E-state index is 13.9. The van der Waals surface area contributed by atoms with Gasteiger partial charge in [-0.15, -0.1) is 0 Å². The smallest absolute Gasteiger partial charge is 0.232 e. The van der Waals surface area contributed by atoms with Crippen molar-refractivity contribution >= 4 is 17.4 Å². The lowest BCUT2D eigenvalue weighted by atomic mass is 9.69. The molecule has 0 saturated carbocycles. The Balaban J connectivity index is 1.91. The van der Waals surface area contributed by atoms with Crippen molar-refractivity contribution < 1.29 is 14.0 Å². The number of hydrogen-bond donors (Lipinski definition) is 0. The average Bonchev–Trinajstić information content (AvgIpc) is 2.59. The molecule has 2 aliphatic rings. The summed E-state index contributed by atoms with van der Waals surface area (Å²) < 4.78 is 13.9. The number of carbonyl (C=O) groups is 2. The third kappa shape index (κ3) is 3.28. The summed E-state index contributed by atoms with van der Waals surface area (Å²) in [5.74, 6) is -0.640. The summed E-state index contributed by atoms with van der Waals surface area (Å²) in [4.78, 5) is 28.0. The van der Waals surface area contributed by atoms with E-state index in [4.69, 9.17) is 0 Å². The molecule has 0 saturated heterocycles. The van der Waals surface area contributed by atoms with Crippen molar-refractivity contribution in [3.05, 3.63) is 76.7 Å². The highest BCUT2D eigenvalue weighted by atomic mass is 19.1. The van der Waals surface area contributed by atoms with E-state index in [2.05, 4.69) is 0 Å². The van der Waals surface area contributed by atoms with Gasteiger partial charge in [-0.2, -0.15) is 0 Å². The second-order valence-electron chi connectivity index (χ2n) is 8.68. The predicted octanol–water partition coefficient (Wildman–Crippen LogP) is 5.30. The monoisotopic (exact) mass is 377 g/mol. The molecule has 144 valence electrons. The minimum atomic E-state index is -0.394. The molecule has 3 nitrogen and oxygen atoms in total. The van der Waals surface area contributed by atoms with E-state index in [1.54, 1.807) is 17.0 Å². The van der Waals surface area contributed by atoms with Crippen LogP contribution in [0, 0.1) is 18.2 Å². The highest BCUT2D eigenvalue weighted by Crippen LogP contribution is 2.48. The van der Waals surface area contributed by atoms with Gasteiger partial charge in [-0.05, 0) is 42.5 Å². The third-order valence-corrected chi connectivity index (χ3v) is 5.65. The first kappa shape index (κ1) is 18.6. The zero-order valence-electron chi connectivity index (χ0n) is 16.5. The lowest BCUT2D eigenvalue weighted by Crippen LogP contribution is -2.43. The normalized spacial score (nSPS) is 21.7. The lowest BCUT2D eigenvalue weighted by Gasteiger charge is -2.43. The SMILES string of the molecule is Cc1cccc(C2CC(=O)N(c3cccc(F)c3)C3=C2C(=O)CC(C)(C)C3)c1. The summed E-state index contributed by atoms with van der Waals surface area (Å²) in [6.07, 6.45) is 1.28. The topological polar surface area (TPSA) is 37.4 Å². The van der Waals surface area contributed by atoms with Crippen LogP contribution < -0.4 is 4.90 Å². The van der Waals surface area contributed by atoms with E-state index in [9.17, 15) is 14.0 Å². The molecule has 1 unspecified atom stereocenters. The van der Waals surface area contributed by atoms with Crippen molar-refractivity contribution in [2.45, 2.75) is 46.0 Å². The molecule has 0 N–H and O–H groups in total. The third-order valence-electron chi connectivity index (χ3n) is 5.65. The molecule has 0 fully saturated rings. The van der Waals surface area contributed by atoms with Crippen LogP contribution in [0.15, 0.2) is 59.8 Å². The minimum Gasteiger partial charge on any atom is -0.294 e. The molecule has 28 heavy (non-hydrogen) atoms. The van der Waals surface area contributed by atoms with Gasteiger partial charge in [0.05, 0.1) is 5.69 Å². The minimum absolute atomic E-state index is 0.0895. The maximum Gasteiger partial charge on any atom is 0.232 e. The Bertz CT molecular complexity index is 1010. The maximum absolute atomic E-state index is 13.9. The number of Topliss-reactive ketones (excluding diaryl/α,β-unsaturated/α-hetero) is 1. The Morgan fingerprint density at radius 1 is 1.04 bits per heavy atom. The van der Waals surface area contributed by atoms with Gasteiger partial charge in [-0.25, -0.2) is 4.39 Å². The van der Waals surface area contributed by atoms with Crippen LogP contribution in [0.1, 0.15) is 50.2 Å². The van der Waals surface area contributed by atoms with Crippen LogP contribution in [0.25, 0.3) is 0 Å². The molecule has 0 radical (unpaired) electrons. The van der Waals surface area contributed by atoms with Crippen LogP contribution in [0.4, 0.5) is 10.1 Å². The first-order chi connectivity index (χ1) is 13.2. The summed E-state index contributed by atoms with van der Waals surface area (Å²) >= 11 is 0. The number of nitrogens with zero attached hydrogens (tertiary/aromatic N) is 1. The molecule has 1 heterocycles. The molecule has 2 aromatic rings.